The molecule has 0 amide bonds. The van der Waals surface area contributed by atoms with Gasteiger partial charge in [0.1, 0.15) is 5.78 Å². The normalized spacial score (nSPS) is 32.8. The van der Waals surface area contributed by atoms with E-state index in [0.29, 0.717) is 12.3 Å². The number of hydrogen-bond acceptors (Lipinski definition) is 3. The molecular formula is C16H27NO2. The molecule has 3 aliphatic rings. The molecule has 2 N–H and O–H groups in total. The van der Waals surface area contributed by atoms with Crippen LogP contribution < -0.4 is 5.73 Å². The Morgan fingerprint density at radius 3 is 2.37 bits per heavy atom. The third kappa shape index (κ3) is 2.36. The van der Waals surface area contributed by atoms with Crippen LogP contribution in [0, 0.1) is 11.3 Å². The van der Waals surface area contributed by atoms with Crippen molar-refractivity contribution in [2.45, 2.75) is 69.8 Å². The monoisotopic (exact) mass is 265 g/mol. The van der Waals surface area contributed by atoms with Crippen molar-refractivity contribution in [1.82, 2.24) is 0 Å². The average Bonchev–Trinajstić information content (AvgIpc) is 3.08. The van der Waals surface area contributed by atoms with E-state index >= 15 is 0 Å². The fraction of sp³-hybridized carbons (Fsp3) is 0.938. The summed E-state index contributed by atoms with van der Waals surface area (Å²) in [6.07, 6.45) is 11.1. The van der Waals surface area contributed by atoms with Gasteiger partial charge in [0.05, 0.1) is 5.60 Å². The van der Waals surface area contributed by atoms with Gasteiger partial charge in [-0.05, 0) is 38.5 Å². The Hall–Kier alpha value is -0.410. The minimum atomic E-state index is -0.179. The summed E-state index contributed by atoms with van der Waals surface area (Å²) in [6, 6.07) is 0. The quantitative estimate of drug-likeness (QED) is 0.853. The van der Waals surface area contributed by atoms with Crippen molar-refractivity contribution in [3.63, 3.8) is 0 Å². The molecule has 0 bridgehead atoms. The lowest BCUT2D eigenvalue weighted by Crippen LogP contribution is -2.46. The molecule has 0 aromatic carbocycles. The average molecular weight is 265 g/mol. The summed E-state index contributed by atoms with van der Waals surface area (Å²) < 4.78 is 6.05. The minimum absolute atomic E-state index is 0.0486. The molecular weight excluding hydrogens is 238 g/mol. The molecule has 2 saturated carbocycles. The zero-order chi connectivity index (χ0) is 13.3. The molecule has 19 heavy (non-hydrogen) atoms. The number of Topliss-reactive ketones (excluding diaryl/α,β-unsaturated/α-hetero) is 1. The van der Waals surface area contributed by atoms with Crippen LogP contribution in [0.5, 0.6) is 0 Å². The van der Waals surface area contributed by atoms with Crippen LogP contribution in [0.25, 0.3) is 0 Å². The second-order valence-corrected chi connectivity index (χ2v) is 6.98. The Bertz CT molecular complexity index is 341. The molecule has 1 atom stereocenters. The van der Waals surface area contributed by atoms with Gasteiger partial charge in [-0.2, -0.15) is 0 Å². The molecule has 1 unspecified atom stereocenters. The summed E-state index contributed by atoms with van der Waals surface area (Å²) in [4.78, 5) is 13.0. The first-order valence-electron chi connectivity index (χ1n) is 8.08. The topological polar surface area (TPSA) is 52.3 Å². The number of rotatable bonds is 3. The van der Waals surface area contributed by atoms with Gasteiger partial charge in [-0.1, -0.05) is 25.7 Å². The Morgan fingerprint density at radius 2 is 1.74 bits per heavy atom. The number of carbonyl (C=O) groups is 1. The molecule has 2 aliphatic carbocycles. The molecule has 0 aromatic heterocycles. The van der Waals surface area contributed by atoms with Crippen LogP contribution in [0.15, 0.2) is 0 Å². The maximum Gasteiger partial charge on any atom is 0.143 e. The van der Waals surface area contributed by atoms with Crippen LogP contribution in [-0.4, -0.2) is 24.5 Å². The molecule has 1 aliphatic heterocycles. The van der Waals surface area contributed by atoms with Crippen molar-refractivity contribution < 1.29 is 9.53 Å². The molecule has 1 saturated heterocycles. The van der Waals surface area contributed by atoms with Gasteiger partial charge >= 0.3 is 0 Å². The first-order valence-corrected chi connectivity index (χ1v) is 8.08. The van der Waals surface area contributed by atoms with Crippen LogP contribution in [-0.2, 0) is 9.53 Å². The van der Waals surface area contributed by atoms with E-state index in [1.54, 1.807) is 0 Å². The lowest BCUT2D eigenvalue weighted by atomic mass is 9.71. The summed E-state index contributed by atoms with van der Waals surface area (Å²) in [6.45, 7) is 1.33. The molecule has 0 radical (unpaired) electrons. The highest BCUT2D eigenvalue weighted by Gasteiger charge is 2.48. The van der Waals surface area contributed by atoms with E-state index in [1.807, 2.05) is 0 Å². The van der Waals surface area contributed by atoms with E-state index in [4.69, 9.17) is 10.5 Å². The number of ether oxygens (including phenoxy) is 1. The van der Waals surface area contributed by atoms with Gasteiger partial charge in [-0.25, -0.2) is 0 Å². The molecule has 3 heteroatoms. The fourth-order valence-corrected chi connectivity index (χ4v) is 4.66. The summed E-state index contributed by atoms with van der Waals surface area (Å²) in [5.41, 5.74) is 5.84. The minimum Gasteiger partial charge on any atom is -0.375 e. The Morgan fingerprint density at radius 1 is 1.11 bits per heavy atom. The largest absolute Gasteiger partial charge is 0.375 e. The number of ketones is 1. The summed E-state index contributed by atoms with van der Waals surface area (Å²) in [5.74, 6) is 0.690. The maximum atomic E-state index is 13.0. The smallest absolute Gasteiger partial charge is 0.143 e. The summed E-state index contributed by atoms with van der Waals surface area (Å²) in [7, 11) is 0. The van der Waals surface area contributed by atoms with Gasteiger partial charge in [0.2, 0.25) is 0 Å². The Kier molecular flexibility index (Phi) is 3.69. The van der Waals surface area contributed by atoms with Gasteiger partial charge in [0, 0.05) is 24.5 Å². The zero-order valence-corrected chi connectivity index (χ0v) is 12.0. The van der Waals surface area contributed by atoms with Crippen molar-refractivity contribution in [3.8, 4) is 0 Å². The highest BCUT2D eigenvalue weighted by molar-refractivity contribution is 5.87. The molecule has 3 fully saturated rings. The third-order valence-corrected chi connectivity index (χ3v) is 5.85. The van der Waals surface area contributed by atoms with Crippen molar-refractivity contribution in [1.29, 1.82) is 0 Å². The highest BCUT2D eigenvalue weighted by atomic mass is 16.5. The van der Waals surface area contributed by atoms with Gasteiger partial charge in [-0.15, -0.1) is 0 Å². The lowest BCUT2D eigenvalue weighted by Gasteiger charge is -2.40. The van der Waals surface area contributed by atoms with E-state index in [0.717, 1.165) is 45.1 Å². The summed E-state index contributed by atoms with van der Waals surface area (Å²) in [5, 5.41) is 0. The predicted octanol–water partition coefficient (Wildman–Crippen LogP) is 2.81. The predicted molar refractivity (Wildman–Crippen MR) is 74.8 cm³/mol. The SMILES string of the molecule is NCC1(C(=O)C2CCOC3(CCCC3)C2)CCCC1. The van der Waals surface area contributed by atoms with Crippen molar-refractivity contribution in [2.24, 2.45) is 17.1 Å². The van der Waals surface area contributed by atoms with E-state index in [1.165, 1.54) is 25.7 Å². The zero-order valence-electron chi connectivity index (χ0n) is 12.0. The molecule has 1 spiro atoms. The third-order valence-electron chi connectivity index (χ3n) is 5.85. The Balaban J connectivity index is 1.72. The van der Waals surface area contributed by atoms with Gasteiger partial charge in [0.25, 0.3) is 0 Å². The number of hydrogen-bond donors (Lipinski definition) is 1. The van der Waals surface area contributed by atoms with Crippen LogP contribution in [0.1, 0.15) is 64.2 Å². The molecule has 0 aromatic rings. The number of carbonyl (C=O) groups excluding carboxylic acids is 1. The van der Waals surface area contributed by atoms with Crippen molar-refractivity contribution in [2.75, 3.05) is 13.2 Å². The van der Waals surface area contributed by atoms with Gasteiger partial charge < -0.3 is 10.5 Å². The Labute approximate surface area is 116 Å². The van der Waals surface area contributed by atoms with Crippen LogP contribution in [0.3, 0.4) is 0 Å². The molecule has 3 nitrogen and oxygen atoms in total. The molecule has 3 rings (SSSR count). The van der Waals surface area contributed by atoms with Crippen LogP contribution in [0.4, 0.5) is 0 Å². The van der Waals surface area contributed by atoms with Crippen molar-refractivity contribution in [3.05, 3.63) is 0 Å². The molecule has 108 valence electrons. The summed E-state index contributed by atoms with van der Waals surface area (Å²) >= 11 is 0. The van der Waals surface area contributed by atoms with E-state index < -0.39 is 0 Å². The van der Waals surface area contributed by atoms with E-state index in [2.05, 4.69) is 0 Å². The molecule has 1 heterocycles. The maximum absolute atomic E-state index is 13.0. The van der Waals surface area contributed by atoms with Crippen molar-refractivity contribution >= 4 is 5.78 Å². The first kappa shape index (κ1) is 13.6. The first-order chi connectivity index (χ1) is 9.20. The fourth-order valence-electron chi connectivity index (χ4n) is 4.66. The lowest BCUT2D eigenvalue weighted by molar-refractivity contribution is -0.145. The van der Waals surface area contributed by atoms with Crippen LogP contribution in [0.2, 0.25) is 0 Å². The highest BCUT2D eigenvalue weighted by Crippen LogP contribution is 2.46. The van der Waals surface area contributed by atoms with E-state index in [-0.39, 0.29) is 16.9 Å². The van der Waals surface area contributed by atoms with Crippen LogP contribution >= 0.6 is 0 Å². The standard InChI is InChI=1S/C16H27NO2/c17-12-15(6-1-2-7-15)14(18)13-5-10-19-16(11-13)8-3-4-9-16/h13H,1-12,17H2. The van der Waals surface area contributed by atoms with E-state index in [9.17, 15) is 4.79 Å². The number of nitrogens with two attached hydrogens (primary N) is 1. The second-order valence-electron chi connectivity index (χ2n) is 6.98. The van der Waals surface area contributed by atoms with Gasteiger partial charge in [-0.3, -0.25) is 4.79 Å². The van der Waals surface area contributed by atoms with Gasteiger partial charge in [0.15, 0.2) is 0 Å². The second kappa shape index (κ2) is 5.17.